The van der Waals surface area contributed by atoms with E-state index >= 15 is 0 Å². The van der Waals surface area contributed by atoms with Gasteiger partial charge in [-0.05, 0) is 33.6 Å². The van der Waals surface area contributed by atoms with Gasteiger partial charge in [-0.15, -0.1) is 5.10 Å². The van der Waals surface area contributed by atoms with Crippen LogP contribution in [0, 0.1) is 0 Å². The Bertz CT molecular complexity index is 536. The summed E-state index contributed by atoms with van der Waals surface area (Å²) in [6.07, 6.45) is 0. The Labute approximate surface area is 120 Å². The number of rotatable bonds is 2. The lowest BCUT2D eigenvalue weighted by atomic mass is 10.1. The van der Waals surface area contributed by atoms with Crippen LogP contribution in [0.4, 0.5) is 0 Å². The minimum absolute atomic E-state index is 0.323. The second-order valence-corrected chi connectivity index (χ2v) is 5.57. The third-order valence-corrected chi connectivity index (χ3v) is 3.91. The number of hydrogen-bond acceptors (Lipinski definition) is 3. The van der Waals surface area contributed by atoms with Gasteiger partial charge in [0.1, 0.15) is 0 Å². The highest BCUT2D eigenvalue weighted by Crippen LogP contribution is 2.31. The minimum atomic E-state index is -0.323. The molecule has 0 aliphatic heterocycles. The molecule has 0 saturated heterocycles. The van der Waals surface area contributed by atoms with Gasteiger partial charge in [0, 0.05) is 16.5 Å². The molecule has 0 aliphatic rings. The Morgan fingerprint density at radius 3 is 2.65 bits per heavy atom. The van der Waals surface area contributed by atoms with Crippen molar-refractivity contribution in [2.24, 2.45) is 12.8 Å². The Morgan fingerprint density at radius 2 is 2.12 bits per heavy atom. The minimum Gasteiger partial charge on any atom is -0.319 e. The summed E-state index contributed by atoms with van der Waals surface area (Å²) in [5, 5.41) is 8.49. The molecule has 0 fully saturated rings. The van der Waals surface area contributed by atoms with E-state index in [1.54, 1.807) is 17.8 Å². The summed E-state index contributed by atoms with van der Waals surface area (Å²) in [7, 11) is 1.80. The van der Waals surface area contributed by atoms with Gasteiger partial charge in [0.25, 0.3) is 0 Å². The van der Waals surface area contributed by atoms with Gasteiger partial charge < -0.3 is 5.73 Å². The second kappa shape index (κ2) is 5.06. The van der Waals surface area contributed by atoms with E-state index in [1.165, 1.54) is 0 Å². The van der Waals surface area contributed by atoms with Crippen LogP contribution in [0.1, 0.15) is 17.3 Å². The maximum atomic E-state index is 6.21. The smallest absolute Gasteiger partial charge is 0.153 e. The molecule has 1 heterocycles. The average molecular weight is 380 g/mol. The topological polar surface area (TPSA) is 56.7 Å². The van der Waals surface area contributed by atoms with Gasteiger partial charge in [-0.25, -0.2) is 4.68 Å². The summed E-state index contributed by atoms with van der Waals surface area (Å²) in [6.45, 7) is 0. The van der Waals surface area contributed by atoms with Crippen LogP contribution in [0.5, 0.6) is 0 Å². The molecule has 1 unspecified atom stereocenters. The maximum absolute atomic E-state index is 6.21. The Hall–Kier alpha value is -0.430. The molecule has 0 amide bonds. The lowest BCUT2D eigenvalue weighted by molar-refractivity contribution is 0.650. The SMILES string of the molecule is Cn1nnc(Br)c1C(N)c1ccc(Cl)cc1Br. The number of nitrogens with two attached hydrogens (primary N) is 1. The maximum Gasteiger partial charge on any atom is 0.153 e. The van der Waals surface area contributed by atoms with Crippen molar-refractivity contribution in [3.63, 3.8) is 0 Å². The number of aromatic nitrogens is 3. The van der Waals surface area contributed by atoms with E-state index in [0.717, 1.165) is 15.7 Å². The van der Waals surface area contributed by atoms with E-state index in [1.807, 2.05) is 12.1 Å². The van der Waals surface area contributed by atoms with E-state index in [2.05, 4.69) is 42.2 Å². The summed E-state index contributed by atoms with van der Waals surface area (Å²) in [5.41, 5.74) is 7.95. The van der Waals surface area contributed by atoms with E-state index < -0.39 is 0 Å². The van der Waals surface area contributed by atoms with Crippen molar-refractivity contribution in [1.82, 2.24) is 15.0 Å². The average Bonchev–Trinajstić information content (AvgIpc) is 2.58. The quantitative estimate of drug-likeness (QED) is 0.871. The Morgan fingerprint density at radius 1 is 1.41 bits per heavy atom. The summed E-state index contributed by atoms with van der Waals surface area (Å²) in [4.78, 5) is 0. The highest BCUT2D eigenvalue weighted by Gasteiger charge is 2.20. The van der Waals surface area contributed by atoms with Crippen molar-refractivity contribution in [2.75, 3.05) is 0 Å². The third kappa shape index (κ3) is 2.54. The lowest BCUT2D eigenvalue weighted by Gasteiger charge is -2.14. The zero-order valence-corrected chi connectivity index (χ0v) is 12.8. The van der Waals surface area contributed by atoms with Crippen molar-refractivity contribution >= 4 is 43.5 Å². The number of halogens is 3. The third-order valence-electron chi connectivity index (χ3n) is 2.42. The van der Waals surface area contributed by atoms with Crippen molar-refractivity contribution in [3.05, 3.63) is 43.6 Å². The van der Waals surface area contributed by atoms with Crippen LogP contribution in [0.2, 0.25) is 5.02 Å². The standard InChI is InChI=1S/C10H9Br2ClN4/c1-17-9(10(12)15-16-17)8(14)6-3-2-5(13)4-7(6)11/h2-4,8H,14H2,1H3. The molecule has 1 aromatic heterocycles. The Kier molecular flexibility index (Phi) is 3.87. The molecular formula is C10H9Br2ClN4. The fourth-order valence-electron chi connectivity index (χ4n) is 1.57. The van der Waals surface area contributed by atoms with Crippen LogP contribution in [-0.4, -0.2) is 15.0 Å². The van der Waals surface area contributed by atoms with Crippen LogP contribution in [-0.2, 0) is 7.05 Å². The first-order valence-corrected chi connectivity index (χ1v) is 6.72. The number of benzene rings is 1. The molecule has 0 saturated carbocycles. The molecule has 2 rings (SSSR count). The molecule has 1 atom stereocenters. The molecule has 0 radical (unpaired) electrons. The summed E-state index contributed by atoms with van der Waals surface area (Å²) < 4.78 is 3.16. The van der Waals surface area contributed by atoms with Crippen LogP contribution >= 0.6 is 43.5 Å². The zero-order valence-electron chi connectivity index (χ0n) is 8.86. The van der Waals surface area contributed by atoms with Crippen LogP contribution in [0.25, 0.3) is 0 Å². The first-order chi connectivity index (χ1) is 8.00. The molecule has 7 heteroatoms. The molecule has 0 aliphatic carbocycles. The summed E-state index contributed by atoms with van der Waals surface area (Å²) in [5.74, 6) is 0. The van der Waals surface area contributed by atoms with Gasteiger partial charge in [-0.2, -0.15) is 0 Å². The van der Waals surface area contributed by atoms with Crippen molar-refractivity contribution in [3.8, 4) is 0 Å². The van der Waals surface area contributed by atoms with Crippen LogP contribution in [0.3, 0.4) is 0 Å². The van der Waals surface area contributed by atoms with Gasteiger partial charge >= 0.3 is 0 Å². The summed E-state index contributed by atoms with van der Waals surface area (Å²) in [6, 6.07) is 5.18. The van der Waals surface area contributed by atoms with Gasteiger partial charge in [0.05, 0.1) is 11.7 Å². The molecule has 4 nitrogen and oxygen atoms in total. The molecule has 0 spiro atoms. The summed E-state index contributed by atoms with van der Waals surface area (Å²) >= 11 is 12.7. The molecule has 1 aromatic carbocycles. The van der Waals surface area contributed by atoms with Crippen LogP contribution < -0.4 is 5.73 Å². The highest BCUT2D eigenvalue weighted by molar-refractivity contribution is 9.10. The van der Waals surface area contributed by atoms with Gasteiger partial charge in [0.2, 0.25) is 0 Å². The van der Waals surface area contributed by atoms with Gasteiger partial charge in [-0.1, -0.05) is 38.8 Å². The zero-order chi connectivity index (χ0) is 12.6. The van der Waals surface area contributed by atoms with Gasteiger partial charge in [0.15, 0.2) is 4.60 Å². The predicted molar refractivity (Wildman–Crippen MR) is 73.9 cm³/mol. The number of nitrogens with zero attached hydrogens (tertiary/aromatic N) is 3. The van der Waals surface area contributed by atoms with Crippen molar-refractivity contribution in [1.29, 1.82) is 0 Å². The van der Waals surface area contributed by atoms with Crippen molar-refractivity contribution in [2.45, 2.75) is 6.04 Å². The Balaban J connectivity index is 2.47. The number of aryl methyl sites for hydroxylation is 1. The monoisotopic (exact) mass is 378 g/mol. The van der Waals surface area contributed by atoms with E-state index in [9.17, 15) is 0 Å². The normalized spacial score (nSPS) is 12.8. The molecule has 2 aromatic rings. The molecular weight excluding hydrogens is 371 g/mol. The molecule has 0 bridgehead atoms. The van der Waals surface area contributed by atoms with Gasteiger partial charge in [-0.3, -0.25) is 0 Å². The lowest BCUT2D eigenvalue weighted by Crippen LogP contribution is -2.17. The molecule has 17 heavy (non-hydrogen) atoms. The fourth-order valence-corrected chi connectivity index (χ4v) is 3.07. The number of hydrogen-bond donors (Lipinski definition) is 1. The largest absolute Gasteiger partial charge is 0.319 e. The highest BCUT2D eigenvalue weighted by atomic mass is 79.9. The first kappa shape index (κ1) is 13.0. The first-order valence-electron chi connectivity index (χ1n) is 4.76. The molecule has 90 valence electrons. The van der Waals surface area contributed by atoms with Crippen molar-refractivity contribution < 1.29 is 0 Å². The molecule has 2 N–H and O–H groups in total. The van der Waals surface area contributed by atoms with Crippen LogP contribution in [0.15, 0.2) is 27.3 Å². The van der Waals surface area contributed by atoms with E-state index in [4.69, 9.17) is 17.3 Å². The van der Waals surface area contributed by atoms with E-state index in [0.29, 0.717) is 9.63 Å². The second-order valence-electron chi connectivity index (χ2n) is 3.53. The predicted octanol–water partition coefficient (Wildman–Crippen LogP) is 3.04. The van der Waals surface area contributed by atoms with E-state index in [-0.39, 0.29) is 6.04 Å². The fraction of sp³-hybridized carbons (Fsp3) is 0.200.